The molecule has 0 radical (unpaired) electrons. The number of amides is 1. The van der Waals surface area contributed by atoms with Crippen LogP contribution in [0.3, 0.4) is 0 Å². The molecule has 156 valence electrons. The first-order chi connectivity index (χ1) is 14.6. The van der Waals surface area contributed by atoms with Crippen molar-refractivity contribution >= 4 is 35.0 Å². The lowest BCUT2D eigenvalue weighted by molar-refractivity contribution is -0.116. The number of nitrogens with one attached hydrogen (secondary N) is 2. The minimum absolute atomic E-state index is 0.138. The van der Waals surface area contributed by atoms with Gasteiger partial charge in [-0.15, -0.1) is 10.2 Å². The molecule has 7 nitrogen and oxygen atoms in total. The van der Waals surface area contributed by atoms with Gasteiger partial charge in [0.15, 0.2) is 5.82 Å². The molecule has 0 unspecified atom stereocenters. The number of carbonyl (C=O) groups excluding carboxylic acids is 1. The Labute approximate surface area is 184 Å². The number of nitrogens with zero attached hydrogens (tertiary/aromatic N) is 3. The molecule has 4 rings (SSSR count). The second kappa shape index (κ2) is 8.97. The van der Waals surface area contributed by atoms with Crippen LogP contribution in [-0.2, 0) is 11.2 Å². The summed E-state index contributed by atoms with van der Waals surface area (Å²) >= 11 is 7.46. The van der Waals surface area contributed by atoms with E-state index < -0.39 is 5.25 Å². The Hall–Kier alpha value is -2.71. The number of thioether (sulfide) groups is 1. The van der Waals surface area contributed by atoms with Gasteiger partial charge in [0.1, 0.15) is 11.0 Å². The van der Waals surface area contributed by atoms with Crippen LogP contribution < -0.4 is 15.5 Å². The fourth-order valence-electron chi connectivity index (χ4n) is 3.30. The Morgan fingerprint density at radius 1 is 1.23 bits per heavy atom. The first-order valence-electron chi connectivity index (χ1n) is 9.75. The molecule has 1 aliphatic rings. The molecule has 2 aromatic carbocycles. The minimum Gasteiger partial charge on any atom is -0.494 e. The van der Waals surface area contributed by atoms with Gasteiger partial charge in [0.05, 0.1) is 12.6 Å². The number of hydrogen-bond donors (Lipinski definition) is 2. The summed E-state index contributed by atoms with van der Waals surface area (Å²) in [5, 5.41) is 12.2. The molecule has 0 spiro atoms. The summed E-state index contributed by atoms with van der Waals surface area (Å²) in [6.45, 7) is 4.57. The van der Waals surface area contributed by atoms with E-state index in [1.54, 1.807) is 18.2 Å². The van der Waals surface area contributed by atoms with Gasteiger partial charge in [-0.25, -0.2) is 4.68 Å². The maximum atomic E-state index is 13.2. The van der Waals surface area contributed by atoms with E-state index in [9.17, 15) is 4.79 Å². The van der Waals surface area contributed by atoms with Gasteiger partial charge in [-0.05, 0) is 42.8 Å². The van der Waals surface area contributed by atoms with Crippen molar-refractivity contribution in [1.82, 2.24) is 14.9 Å². The average molecular weight is 444 g/mol. The third-order valence-corrected chi connectivity index (χ3v) is 6.17. The van der Waals surface area contributed by atoms with E-state index in [1.165, 1.54) is 11.8 Å². The molecular weight excluding hydrogens is 422 g/mol. The average Bonchev–Trinajstić information content (AvgIpc) is 3.16. The Morgan fingerprint density at radius 2 is 2.03 bits per heavy atom. The number of anilines is 1. The normalized spacial score (nSPS) is 17.7. The number of rotatable bonds is 6. The van der Waals surface area contributed by atoms with Crippen LogP contribution in [0, 0.1) is 0 Å². The highest BCUT2D eigenvalue weighted by atomic mass is 35.5. The van der Waals surface area contributed by atoms with Crippen molar-refractivity contribution in [3.63, 3.8) is 0 Å². The zero-order valence-corrected chi connectivity index (χ0v) is 18.2. The van der Waals surface area contributed by atoms with Crippen LogP contribution in [0.25, 0.3) is 0 Å². The van der Waals surface area contributed by atoms with Crippen molar-refractivity contribution in [3.8, 4) is 5.75 Å². The predicted molar refractivity (Wildman–Crippen MR) is 119 cm³/mol. The second-order valence-electron chi connectivity index (χ2n) is 6.73. The summed E-state index contributed by atoms with van der Waals surface area (Å²) in [5.41, 5.74) is 5.06. The summed E-state index contributed by atoms with van der Waals surface area (Å²) in [6.07, 6.45) is 0.732. The van der Waals surface area contributed by atoms with E-state index in [0.29, 0.717) is 22.5 Å². The largest absolute Gasteiger partial charge is 0.494 e. The molecular formula is C21H22ClN5O2S. The fourth-order valence-corrected chi connectivity index (χ4v) is 4.58. The number of ether oxygens (including phenoxy) is 1. The Bertz CT molecular complexity index is 1040. The molecule has 9 heteroatoms. The quantitative estimate of drug-likeness (QED) is 0.591. The molecule has 30 heavy (non-hydrogen) atoms. The number of fused-ring (bicyclic) bond motifs is 1. The highest BCUT2D eigenvalue weighted by Crippen LogP contribution is 2.38. The van der Waals surface area contributed by atoms with Crippen LogP contribution in [0.1, 0.15) is 31.3 Å². The second-order valence-corrected chi connectivity index (χ2v) is 8.28. The molecule has 2 heterocycles. The monoisotopic (exact) mass is 443 g/mol. The molecule has 1 aromatic heterocycles. The topological polar surface area (TPSA) is 81.1 Å². The van der Waals surface area contributed by atoms with E-state index in [2.05, 4.69) is 20.9 Å². The number of aryl methyl sites for hydroxylation is 1. The number of halogens is 1. The van der Waals surface area contributed by atoms with E-state index >= 15 is 0 Å². The SMILES string of the molecule is CCOc1ccc([C@@H]2Nn3c(CC)nnc3S[C@H]2C(=O)Nc2cccc(Cl)c2)cc1. The Morgan fingerprint density at radius 3 is 2.73 bits per heavy atom. The van der Waals surface area contributed by atoms with Gasteiger partial charge < -0.3 is 15.5 Å². The Balaban J connectivity index is 1.65. The third-order valence-electron chi connectivity index (χ3n) is 4.72. The first-order valence-corrected chi connectivity index (χ1v) is 11.0. The van der Waals surface area contributed by atoms with Crippen molar-refractivity contribution in [2.24, 2.45) is 0 Å². The molecule has 1 aliphatic heterocycles. The summed E-state index contributed by atoms with van der Waals surface area (Å²) in [6, 6.07) is 14.6. The zero-order chi connectivity index (χ0) is 21.1. The lowest BCUT2D eigenvalue weighted by Gasteiger charge is -2.33. The molecule has 0 fully saturated rings. The molecule has 1 amide bonds. The Kier molecular flexibility index (Phi) is 6.15. The van der Waals surface area contributed by atoms with Crippen LogP contribution in [0.2, 0.25) is 5.02 Å². The van der Waals surface area contributed by atoms with E-state index in [1.807, 2.05) is 48.9 Å². The van der Waals surface area contributed by atoms with Gasteiger partial charge in [0, 0.05) is 17.1 Å². The van der Waals surface area contributed by atoms with Gasteiger partial charge in [0.25, 0.3) is 0 Å². The molecule has 0 bridgehead atoms. The predicted octanol–water partition coefficient (Wildman–Crippen LogP) is 4.29. The molecule has 0 saturated carbocycles. The number of hydrogen-bond acceptors (Lipinski definition) is 6. The molecule has 2 N–H and O–H groups in total. The van der Waals surface area contributed by atoms with Crippen molar-refractivity contribution in [3.05, 3.63) is 64.9 Å². The summed E-state index contributed by atoms with van der Waals surface area (Å²) in [5.74, 6) is 1.48. The van der Waals surface area contributed by atoms with Crippen molar-refractivity contribution in [2.75, 3.05) is 17.3 Å². The maximum absolute atomic E-state index is 13.2. The van der Waals surface area contributed by atoms with Crippen molar-refractivity contribution < 1.29 is 9.53 Å². The maximum Gasteiger partial charge on any atom is 0.240 e. The summed E-state index contributed by atoms with van der Waals surface area (Å²) in [7, 11) is 0. The van der Waals surface area contributed by atoms with Gasteiger partial charge in [-0.3, -0.25) is 4.79 Å². The summed E-state index contributed by atoms with van der Waals surface area (Å²) < 4.78 is 7.42. The summed E-state index contributed by atoms with van der Waals surface area (Å²) in [4.78, 5) is 13.2. The highest BCUT2D eigenvalue weighted by molar-refractivity contribution is 8.00. The lowest BCUT2D eigenvalue weighted by Crippen LogP contribution is -2.41. The van der Waals surface area contributed by atoms with Gasteiger partial charge in [-0.1, -0.05) is 48.5 Å². The third kappa shape index (κ3) is 4.24. The lowest BCUT2D eigenvalue weighted by atomic mass is 10.0. The minimum atomic E-state index is -0.455. The fraction of sp³-hybridized carbons (Fsp3) is 0.286. The van der Waals surface area contributed by atoms with Crippen LogP contribution in [-0.4, -0.2) is 32.6 Å². The molecule has 3 aromatic rings. The molecule has 0 saturated heterocycles. The van der Waals surface area contributed by atoms with Crippen LogP contribution in [0.4, 0.5) is 5.69 Å². The molecule has 2 atom stereocenters. The van der Waals surface area contributed by atoms with Gasteiger partial charge >= 0.3 is 0 Å². The van der Waals surface area contributed by atoms with E-state index in [4.69, 9.17) is 16.3 Å². The smallest absolute Gasteiger partial charge is 0.240 e. The first kappa shape index (κ1) is 20.6. The number of aromatic nitrogens is 3. The van der Waals surface area contributed by atoms with Crippen molar-refractivity contribution in [2.45, 2.75) is 36.7 Å². The van der Waals surface area contributed by atoms with E-state index in [-0.39, 0.29) is 11.9 Å². The standard InChI is InChI=1S/C21H22ClN5O2S/c1-3-17-24-25-21-27(17)26-18(13-8-10-16(11-9-13)29-4-2)19(30-21)20(28)23-15-7-5-6-14(22)12-15/h5-12,18-19,26H,3-4H2,1-2H3,(H,23,28)/t18-,19+/m0/s1. The highest BCUT2D eigenvalue weighted by Gasteiger charge is 2.37. The number of carbonyl (C=O) groups is 1. The van der Waals surface area contributed by atoms with Crippen LogP contribution >= 0.6 is 23.4 Å². The van der Waals surface area contributed by atoms with Crippen molar-refractivity contribution in [1.29, 1.82) is 0 Å². The van der Waals surface area contributed by atoms with E-state index in [0.717, 1.165) is 23.6 Å². The van der Waals surface area contributed by atoms with Crippen LogP contribution in [0.5, 0.6) is 5.75 Å². The zero-order valence-electron chi connectivity index (χ0n) is 16.6. The van der Waals surface area contributed by atoms with Crippen LogP contribution in [0.15, 0.2) is 53.7 Å². The van der Waals surface area contributed by atoms with Gasteiger partial charge in [0.2, 0.25) is 11.1 Å². The van der Waals surface area contributed by atoms with Gasteiger partial charge in [-0.2, -0.15) is 0 Å². The number of benzene rings is 2. The molecule has 0 aliphatic carbocycles.